The van der Waals surface area contributed by atoms with E-state index in [1.807, 2.05) is 7.05 Å². The third kappa shape index (κ3) is 3.32. The molecule has 100 valence electrons. The van der Waals surface area contributed by atoms with Crippen LogP contribution in [0.5, 0.6) is 0 Å². The molecular weight excluding hydrogens is 228 g/mol. The number of nitrogens with zero attached hydrogens (tertiary/aromatic N) is 1. The molecule has 0 atom stereocenters. The maximum absolute atomic E-state index is 12.0. The molecule has 0 aromatic carbocycles. The van der Waals surface area contributed by atoms with Gasteiger partial charge in [-0.15, -0.1) is 0 Å². The second-order valence-electron chi connectivity index (χ2n) is 5.15. The predicted molar refractivity (Wildman–Crippen MR) is 69.9 cm³/mol. The fourth-order valence-electron chi connectivity index (χ4n) is 2.69. The monoisotopic (exact) mass is 250 g/mol. The van der Waals surface area contributed by atoms with Crippen LogP contribution >= 0.6 is 0 Å². The molecule has 0 unspecified atom stereocenters. The van der Waals surface area contributed by atoms with E-state index in [4.69, 9.17) is 0 Å². The molecule has 1 aromatic heterocycles. The summed E-state index contributed by atoms with van der Waals surface area (Å²) < 4.78 is 0. The molecule has 3 N–H and O–H groups in total. The van der Waals surface area contributed by atoms with Crippen molar-refractivity contribution in [2.24, 2.45) is 0 Å². The lowest BCUT2D eigenvalue weighted by atomic mass is 9.79. The molecule has 1 aromatic rings. The largest absolute Gasteiger partial charge is 0.352 e. The quantitative estimate of drug-likeness (QED) is 0.738. The van der Waals surface area contributed by atoms with E-state index < -0.39 is 0 Å². The highest BCUT2D eigenvalue weighted by Crippen LogP contribution is 2.30. The average molecular weight is 250 g/mol. The van der Waals surface area contributed by atoms with Gasteiger partial charge in [-0.3, -0.25) is 9.89 Å². The van der Waals surface area contributed by atoms with Gasteiger partial charge >= 0.3 is 0 Å². The van der Waals surface area contributed by atoms with Gasteiger partial charge in [0, 0.05) is 30.3 Å². The second-order valence-corrected chi connectivity index (χ2v) is 5.15. The third-order valence-electron chi connectivity index (χ3n) is 3.88. The Morgan fingerprint density at radius 1 is 1.44 bits per heavy atom. The van der Waals surface area contributed by atoms with Crippen molar-refractivity contribution < 1.29 is 4.79 Å². The summed E-state index contributed by atoms with van der Waals surface area (Å²) in [6, 6.07) is 0. The van der Waals surface area contributed by atoms with Crippen LogP contribution in [0.15, 0.2) is 12.4 Å². The van der Waals surface area contributed by atoms with Crippen LogP contribution in [0.4, 0.5) is 0 Å². The first kappa shape index (κ1) is 13.1. The summed E-state index contributed by atoms with van der Waals surface area (Å²) in [4.78, 5) is 12.0. The molecule has 0 saturated heterocycles. The highest BCUT2D eigenvalue weighted by molar-refractivity contribution is 5.77. The molecule has 1 heterocycles. The minimum Gasteiger partial charge on any atom is -0.352 e. The minimum absolute atomic E-state index is 0.0126. The molecule has 0 aliphatic heterocycles. The number of nitrogens with one attached hydrogen (secondary N) is 3. The summed E-state index contributed by atoms with van der Waals surface area (Å²) in [7, 11) is 1.97. The molecule has 1 saturated carbocycles. The summed E-state index contributed by atoms with van der Waals surface area (Å²) in [5.41, 5.74) is 1.02. The zero-order valence-electron chi connectivity index (χ0n) is 11.0. The Kier molecular flexibility index (Phi) is 4.36. The van der Waals surface area contributed by atoms with Crippen molar-refractivity contribution in [2.45, 2.75) is 50.6 Å². The van der Waals surface area contributed by atoms with Crippen LogP contribution < -0.4 is 10.6 Å². The summed E-state index contributed by atoms with van der Waals surface area (Å²) in [6.45, 7) is 0.551. The van der Waals surface area contributed by atoms with Crippen molar-refractivity contribution in [2.75, 3.05) is 7.05 Å². The molecule has 18 heavy (non-hydrogen) atoms. The van der Waals surface area contributed by atoms with Gasteiger partial charge in [-0.05, 0) is 19.9 Å². The van der Waals surface area contributed by atoms with Crippen LogP contribution in [0, 0.1) is 0 Å². The smallest absolute Gasteiger partial charge is 0.222 e. The van der Waals surface area contributed by atoms with Crippen molar-refractivity contribution in [3.05, 3.63) is 18.0 Å². The summed E-state index contributed by atoms with van der Waals surface area (Å²) in [5.74, 6) is 0.118. The van der Waals surface area contributed by atoms with Crippen LogP contribution in [-0.2, 0) is 11.3 Å². The van der Waals surface area contributed by atoms with Crippen molar-refractivity contribution in [1.29, 1.82) is 0 Å². The van der Waals surface area contributed by atoms with E-state index in [9.17, 15) is 4.79 Å². The maximum Gasteiger partial charge on any atom is 0.222 e. The first-order valence-electron chi connectivity index (χ1n) is 6.67. The number of H-pyrrole nitrogens is 1. The van der Waals surface area contributed by atoms with Gasteiger partial charge < -0.3 is 10.6 Å². The normalized spacial score (nSPS) is 18.5. The summed E-state index contributed by atoms with van der Waals surface area (Å²) >= 11 is 0. The molecule has 1 amide bonds. The summed E-state index contributed by atoms with van der Waals surface area (Å²) in [6.07, 6.45) is 10.0. The number of hydrogen-bond acceptors (Lipinski definition) is 3. The Hall–Kier alpha value is -1.36. The van der Waals surface area contributed by atoms with Crippen molar-refractivity contribution >= 4 is 5.91 Å². The lowest BCUT2D eigenvalue weighted by Gasteiger charge is -2.36. The number of carbonyl (C=O) groups excluding carboxylic acids is 1. The van der Waals surface area contributed by atoms with E-state index in [1.165, 1.54) is 19.3 Å². The summed E-state index contributed by atoms with van der Waals surface area (Å²) in [5, 5.41) is 12.9. The van der Waals surface area contributed by atoms with Gasteiger partial charge in [-0.2, -0.15) is 5.10 Å². The fraction of sp³-hybridized carbons (Fsp3) is 0.692. The van der Waals surface area contributed by atoms with Gasteiger partial charge in [0.2, 0.25) is 5.91 Å². The number of carbonyl (C=O) groups is 1. The van der Waals surface area contributed by atoms with Crippen LogP contribution in [0.25, 0.3) is 0 Å². The topological polar surface area (TPSA) is 69.8 Å². The van der Waals surface area contributed by atoms with Gasteiger partial charge in [0.05, 0.1) is 6.20 Å². The molecule has 2 rings (SSSR count). The Balaban J connectivity index is 1.81. The molecule has 5 heteroatoms. The number of aromatic amines is 1. The molecular formula is C13H22N4O. The van der Waals surface area contributed by atoms with E-state index in [2.05, 4.69) is 20.8 Å². The number of amides is 1. The standard InChI is InChI=1S/C13H22N4O/c1-14-13(5-3-2-4-6-13)7-12(18)15-8-11-9-16-17-10-11/h9-10,14H,2-8H2,1H3,(H,15,18)(H,16,17). The Morgan fingerprint density at radius 2 is 2.22 bits per heavy atom. The predicted octanol–water partition coefficient (Wildman–Crippen LogP) is 1.34. The van der Waals surface area contributed by atoms with Crippen LogP contribution in [0.3, 0.4) is 0 Å². The van der Waals surface area contributed by atoms with Gasteiger partial charge in [0.15, 0.2) is 0 Å². The molecule has 0 spiro atoms. The lowest BCUT2D eigenvalue weighted by Crippen LogP contribution is -2.48. The first-order valence-corrected chi connectivity index (χ1v) is 6.67. The van der Waals surface area contributed by atoms with Gasteiger partial charge in [0.1, 0.15) is 0 Å². The third-order valence-corrected chi connectivity index (χ3v) is 3.88. The number of hydrogen-bond donors (Lipinski definition) is 3. The van der Waals surface area contributed by atoms with E-state index in [0.717, 1.165) is 18.4 Å². The maximum atomic E-state index is 12.0. The average Bonchev–Trinajstić information content (AvgIpc) is 2.91. The van der Waals surface area contributed by atoms with Crippen LogP contribution in [0.1, 0.15) is 44.1 Å². The van der Waals surface area contributed by atoms with Crippen LogP contribution in [-0.4, -0.2) is 28.7 Å². The highest BCUT2D eigenvalue weighted by Gasteiger charge is 2.32. The molecule has 1 aliphatic carbocycles. The van der Waals surface area contributed by atoms with Gasteiger partial charge in [-0.25, -0.2) is 0 Å². The Morgan fingerprint density at radius 3 is 2.83 bits per heavy atom. The van der Waals surface area contributed by atoms with E-state index in [1.54, 1.807) is 12.4 Å². The van der Waals surface area contributed by atoms with E-state index in [0.29, 0.717) is 13.0 Å². The van der Waals surface area contributed by atoms with Crippen LogP contribution in [0.2, 0.25) is 0 Å². The number of aromatic nitrogens is 2. The van der Waals surface area contributed by atoms with Gasteiger partial charge in [-0.1, -0.05) is 19.3 Å². The van der Waals surface area contributed by atoms with Crippen molar-refractivity contribution in [1.82, 2.24) is 20.8 Å². The minimum atomic E-state index is 0.0126. The molecule has 0 bridgehead atoms. The fourth-order valence-corrected chi connectivity index (χ4v) is 2.69. The highest BCUT2D eigenvalue weighted by atomic mass is 16.1. The molecule has 0 radical (unpaired) electrons. The van der Waals surface area contributed by atoms with E-state index in [-0.39, 0.29) is 11.4 Å². The first-order chi connectivity index (χ1) is 8.74. The Labute approximate surface area is 108 Å². The van der Waals surface area contributed by atoms with Gasteiger partial charge in [0.25, 0.3) is 0 Å². The van der Waals surface area contributed by atoms with Crippen molar-refractivity contribution in [3.8, 4) is 0 Å². The zero-order valence-corrected chi connectivity index (χ0v) is 11.0. The lowest BCUT2D eigenvalue weighted by molar-refractivity contribution is -0.123. The second kappa shape index (κ2) is 6.00. The SMILES string of the molecule is CNC1(CC(=O)NCc2cn[nH]c2)CCCCC1. The zero-order chi connectivity index (χ0) is 12.8. The van der Waals surface area contributed by atoms with Crippen molar-refractivity contribution in [3.63, 3.8) is 0 Å². The van der Waals surface area contributed by atoms with E-state index >= 15 is 0 Å². The molecule has 1 fully saturated rings. The Bertz CT molecular complexity index is 368. The molecule has 5 nitrogen and oxygen atoms in total. The number of rotatable bonds is 5. The molecule has 1 aliphatic rings.